The van der Waals surface area contributed by atoms with E-state index < -0.39 is 26.6 Å². The fourth-order valence-electron chi connectivity index (χ4n) is 10.2. The summed E-state index contributed by atoms with van der Waals surface area (Å²) in [6.07, 6.45) is 85.5. The molecule has 0 bridgehead atoms. The number of phosphoric ester groups is 1. The topological polar surface area (TPSA) is 114 Å². The van der Waals surface area contributed by atoms with Crippen molar-refractivity contribution in [3.63, 3.8) is 0 Å². The molecule has 0 radical (unpaired) electrons. The smallest absolute Gasteiger partial charge is 0.306 e. The van der Waals surface area contributed by atoms with E-state index in [4.69, 9.17) is 13.8 Å². The molecule has 1 amide bonds. The number of allylic oxidation sites excluding steroid dienone is 13. The van der Waals surface area contributed by atoms with Gasteiger partial charge in [-0.25, -0.2) is 0 Å². The summed E-state index contributed by atoms with van der Waals surface area (Å²) in [5.41, 5.74) is 0. The Kier molecular flexibility index (Phi) is 62.1. The molecule has 1 N–H and O–H groups in total. The lowest BCUT2D eigenvalue weighted by Crippen LogP contribution is -2.47. The maximum Gasteiger partial charge on any atom is 0.306 e. The number of hydrogen-bond acceptors (Lipinski definition) is 7. The van der Waals surface area contributed by atoms with E-state index in [1.165, 1.54) is 193 Å². The first kappa shape index (κ1) is 82.2. The minimum absolute atomic E-state index is 0.0258. The van der Waals surface area contributed by atoms with Gasteiger partial charge in [0, 0.05) is 12.8 Å². The highest BCUT2D eigenvalue weighted by molar-refractivity contribution is 7.45. The Balaban J connectivity index is 5.09. The number of carbonyl (C=O) groups is 2. The molecular formula is C75H137N2O7P. The van der Waals surface area contributed by atoms with E-state index in [0.717, 1.165) is 103 Å². The highest BCUT2D eigenvalue weighted by atomic mass is 31.2. The first-order valence-corrected chi connectivity index (χ1v) is 37.4. The Hall–Kier alpha value is -2.81. The number of nitrogens with zero attached hydrogens (tertiary/aromatic N) is 1. The van der Waals surface area contributed by atoms with Crippen LogP contribution in [0.15, 0.2) is 85.1 Å². The van der Waals surface area contributed by atoms with Crippen LogP contribution in [0.5, 0.6) is 0 Å². The lowest BCUT2D eigenvalue weighted by Gasteiger charge is -2.30. The molecule has 0 aliphatic rings. The van der Waals surface area contributed by atoms with Crippen molar-refractivity contribution in [3.8, 4) is 0 Å². The molecule has 0 heterocycles. The number of ether oxygens (including phenoxy) is 1. The van der Waals surface area contributed by atoms with Crippen molar-refractivity contribution < 1.29 is 37.3 Å². The quantitative estimate of drug-likeness (QED) is 0.0212. The van der Waals surface area contributed by atoms with Crippen LogP contribution in [0.4, 0.5) is 0 Å². The monoisotopic (exact) mass is 1210 g/mol. The molecule has 0 saturated carbocycles. The molecule has 0 aliphatic heterocycles. The number of hydrogen-bond donors (Lipinski definition) is 1. The molecule has 0 rings (SSSR count). The van der Waals surface area contributed by atoms with Gasteiger partial charge < -0.3 is 28.5 Å². The van der Waals surface area contributed by atoms with Gasteiger partial charge in [-0.2, -0.15) is 0 Å². The Morgan fingerprint density at radius 1 is 0.412 bits per heavy atom. The van der Waals surface area contributed by atoms with E-state index in [1.54, 1.807) is 0 Å². The number of quaternary nitrogens is 1. The van der Waals surface area contributed by atoms with Gasteiger partial charge in [0.1, 0.15) is 19.3 Å². The molecule has 0 aromatic heterocycles. The molecule has 10 heteroatoms. The Morgan fingerprint density at radius 3 is 1.09 bits per heavy atom. The third-order valence-corrected chi connectivity index (χ3v) is 16.8. The van der Waals surface area contributed by atoms with Crippen molar-refractivity contribution in [2.75, 3.05) is 40.9 Å². The maximum atomic E-state index is 13.6. The predicted molar refractivity (Wildman–Crippen MR) is 367 cm³/mol. The maximum absolute atomic E-state index is 13.6. The van der Waals surface area contributed by atoms with E-state index in [2.05, 4.69) is 99.0 Å². The highest BCUT2D eigenvalue weighted by Gasteiger charge is 2.27. The van der Waals surface area contributed by atoms with Crippen molar-refractivity contribution in [2.45, 2.75) is 341 Å². The summed E-state index contributed by atoms with van der Waals surface area (Å²) in [7, 11) is 1.18. The summed E-state index contributed by atoms with van der Waals surface area (Å²) >= 11 is 0. The average molecular weight is 1210 g/mol. The lowest BCUT2D eigenvalue weighted by molar-refractivity contribution is -0.870. The minimum Gasteiger partial charge on any atom is -0.756 e. The molecule has 85 heavy (non-hydrogen) atoms. The van der Waals surface area contributed by atoms with E-state index >= 15 is 0 Å². The van der Waals surface area contributed by atoms with Gasteiger partial charge in [0.25, 0.3) is 7.82 Å². The Bertz CT molecular complexity index is 1730. The van der Waals surface area contributed by atoms with Crippen LogP contribution >= 0.6 is 7.82 Å². The van der Waals surface area contributed by atoms with Gasteiger partial charge in [-0.3, -0.25) is 14.2 Å². The van der Waals surface area contributed by atoms with E-state index in [1.807, 2.05) is 33.3 Å². The molecular weight excluding hydrogens is 1070 g/mol. The zero-order chi connectivity index (χ0) is 62.1. The van der Waals surface area contributed by atoms with Crippen molar-refractivity contribution in [1.82, 2.24) is 5.32 Å². The summed E-state index contributed by atoms with van der Waals surface area (Å²) in [4.78, 5) is 40.2. The Morgan fingerprint density at radius 2 is 0.718 bits per heavy atom. The summed E-state index contributed by atoms with van der Waals surface area (Å²) < 4.78 is 30.5. The van der Waals surface area contributed by atoms with E-state index in [-0.39, 0.29) is 24.9 Å². The zero-order valence-corrected chi connectivity index (χ0v) is 57.4. The summed E-state index contributed by atoms with van der Waals surface area (Å²) in [5.74, 6) is -0.542. The van der Waals surface area contributed by atoms with Crippen molar-refractivity contribution in [2.24, 2.45) is 0 Å². The van der Waals surface area contributed by atoms with Crippen LogP contribution in [0.1, 0.15) is 329 Å². The predicted octanol–water partition coefficient (Wildman–Crippen LogP) is 22.3. The average Bonchev–Trinajstić information content (AvgIpc) is 3.53. The second kappa shape index (κ2) is 64.2. The molecule has 0 fully saturated rings. The second-order valence-electron chi connectivity index (χ2n) is 25.4. The number of amides is 1. The summed E-state index contributed by atoms with van der Waals surface area (Å²) in [6, 6.07) is -0.896. The van der Waals surface area contributed by atoms with Crippen molar-refractivity contribution in [3.05, 3.63) is 85.1 Å². The molecule has 0 aromatic rings. The fourth-order valence-corrected chi connectivity index (χ4v) is 11.0. The lowest BCUT2D eigenvalue weighted by atomic mass is 10.0. The van der Waals surface area contributed by atoms with Gasteiger partial charge in [0.2, 0.25) is 5.91 Å². The van der Waals surface area contributed by atoms with Crippen LogP contribution in [0.25, 0.3) is 0 Å². The van der Waals surface area contributed by atoms with Crippen LogP contribution < -0.4 is 10.2 Å². The van der Waals surface area contributed by atoms with E-state index in [0.29, 0.717) is 17.4 Å². The minimum atomic E-state index is -4.71. The number of phosphoric acid groups is 1. The van der Waals surface area contributed by atoms with Crippen LogP contribution in [0, 0.1) is 0 Å². The molecule has 3 atom stereocenters. The zero-order valence-electron chi connectivity index (χ0n) is 56.6. The van der Waals surface area contributed by atoms with Gasteiger partial charge in [-0.15, -0.1) is 0 Å². The highest BCUT2D eigenvalue weighted by Crippen LogP contribution is 2.38. The number of rotatable bonds is 65. The largest absolute Gasteiger partial charge is 0.756 e. The van der Waals surface area contributed by atoms with Crippen LogP contribution in [0.2, 0.25) is 0 Å². The number of unbranched alkanes of at least 4 members (excludes halogenated alkanes) is 37. The Labute approximate surface area is 526 Å². The van der Waals surface area contributed by atoms with Gasteiger partial charge >= 0.3 is 5.97 Å². The molecule has 494 valence electrons. The summed E-state index contributed by atoms with van der Waals surface area (Å²) in [5, 5.41) is 3.04. The molecule has 0 aromatic carbocycles. The number of esters is 1. The molecule has 0 saturated heterocycles. The summed E-state index contributed by atoms with van der Waals surface area (Å²) in [6.45, 7) is 6.82. The third kappa shape index (κ3) is 65.5. The molecule has 9 nitrogen and oxygen atoms in total. The normalized spacial score (nSPS) is 14.0. The third-order valence-electron chi connectivity index (χ3n) is 15.8. The van der Waals surface area contributed by atoms with Crippen LogP contribution in [-0.2, 0) is 27.9 Å². The molecule has 3 unspecified atom stereocenters. The molecule has 0 aliphatic carbocycles. The fraction of sp³-hybridized carbons (Fsp3) is 0.787. The van der Waals surface area contributed by atoms with Crippen molar-refractivity contribution >= 4 is 19.7 Å². The standard InChI is InChI=1S/C75H137N2O7P/c1-7-10-13-16-19-22-25-28-30-32-34-35-36-37-38-39-40-41-43-44-46-49-52-55-58-61-64-67-74(78)76-72(71-83-85(80,81)82-70-69-77(4,5)6)73(66-63-60-57-54-51-48-27-24-21-18-15-12-9-3)84-75(79)68-65-62-59-56-53-50-47-45-42-33-31-29-26-23-20-17-14-11-8-2/h19-20,22-23,28-31,34-35,37-38,63,66,72-73H,7-18,21,24-27,32-33,36,39-62,64-65,67-71H2,1-6H3,(H-,76,78,80,81)/b22-19-,23-20-,30-28-,31-29-,35-34-,38-37-,66-63-. The second-order valence-corrected chi connectivity index (χ2v) is 26.8. The van der Waals surface area contributed by atoms with Crippen LogP contribution in [-0.4, -0.2) is 69.4 Å². The van der Waals surface area contributed by atoms with Gasteiger partial charge in [0.05, 0.1) is 33.8 Å². The van der Waals surface area contributed by atoms with Crippen molar-refractivity contribution in [1.29, 1.82) is 0 Å². The number of carbonyl (C=O) groups excluding carboxylic acids is 2. The van der Waals surface area contributed by atoms with E-state index in [9.17, 15) is 19.0 Å². The van der Waals surface area contributed by atoms with Gasteiger partial charge in [-0.1, -0.05) is 292 Å². The van der Waals surface area contributed by atoms with Crippen LogP contribution in [0.3, 0.4) is 0 Å². The van der Waals surface area contributed by atoms with Gasteiger partial charge in [-0.05, 0) is 109 Å². The first-order valence-electron chi connectivity index (χ1n) is 35.9. The van der Waals surface area contributed by atoms with Gasteiger partial charge in [0.15, 0.2) is 0 Å². The number of likely N-dealkylation sites (N-methyl/N-ethyl adjacent to an activating group) is 1. The number of nitrogens with one attached hydrogen (secondary N) is 1. The first-order chi connectivity index (χ1) is 41.4. The molecule has 0 spiro atoms. The SMILES string of the molecule is CCCCC/C=C\C/C=C\C/C=C\C/C=C\CCCCCCCCCCCCCC(=O)NC(COP(=O)([O-])OCC[N+](C)(C)C)C(/C=C\CCCCCCCCCCCCC)OC(=O)CCCCCCCCCCC/C=C\C/C=C\CCCCC.